The molecule has 2 atom stereocenters. The number of fused-ring (bicyclic) bond motifs is 1. The predicted molar refractivity (Wildman–Crippen MR) is 143 cm³/mol. The van der Waals surface area contributed by atoms with Crippen LogP contribution in [-0.4, -0.2) is 56.9 Å². The molecule has 186 valence electrons. The van der Waals surface area contributed by atoms with Gasteiger partial charge in [0.1, 0.15) is 11.3 Å². The lowest BCUT2D eigenvalue weighted by molar-refractivity contribution is 0.0295. The van der Waals surface area contributed by atoms with Crippen LogP contribution in [0.15, 0.2) is 24.4 Å². The predicted octanol–water partition coefficient (Wildman–Crippen LogP) is 6.00. The van der Waals surface area contributed by atoms with Crippen LogP contribution in [0.1, 0.15) is 56.8 Å². The normalized spacial score (nSPS) is 26.5. The first kappa shape index (κ1) is 23.5. The first-order valence-electron chi connectivity index (χ1n) is 13.0. The molecule has 1 aromatic carbocycles. The largest absolute Gasteiger partial charge is 0.355 e. The third-order valence-electron chi connectivity index (χ3n) is 8.59. The minimum atomic E-state index is -0.0768. The summed E-state index contributed by atoms with van der Waals surface area (Å²) in [6.45, 7) is 11.2. The number of halogens is 2. The molecule has 0 unspecified atom stereocenters. The van der Waals surface area contributed by atoms with Crippen LogP contribution in [0, 0.1) is 24.7 Å². The van der Waals surface area contributed by atoms with Gasteiger partial charge in [-0.25, -0.2) is 14.6 Å². The van der Waals surface area contributed by atoms with Crippen molar-refractivity contribution in [1.82, 2.24) is 24.6 Å². The molecule has 2 saturated heterocycles. The molecule has 0 bridgehead atoms. The molecule has 0 radical (unpaired) electrons. The standard InChI is InChI=1S/C27H34Cl2N6/c1-16-9-22(10-16)33-8-4-5-19(13-33)20-14-34(15-20)25-12-30-26-17(2)32-35(27(26)31-25)18(3)23-7-6-21(28)11-24(23)29/h6-7,11-12,16,18-20,22H,4-5,8-10,13-15H2,1-3H3/t16-,18-,19+,22+/m1/s1. The van der Waals surface area contributed by atoms with E-state index in [1.165, 1.54) is 38.8 Å². The van der Waals surface area contributed by atoms with Gasteiger partial charge in [-0.1, -0.05) is 36.2 Å². The van der Waals surface area contributed by atoms with Crippen LogP contribution >= 0.6 is 23.2 Å². The number of anilines is 1. The third-order valence-corrected chi connectivity index (χ3v) is 9.16. The molecule has 35 heavy (non-hydrogen) atoms. The number of aryl methyl sites for hydroxylation is 1. The smallest absolute Gasteiger partial charge is 0.179 e. The Morgan fingerprint density at radius 2 is 1.89 bits per heavy atom. The summed E-state index contributed by atoms with van der Waals surface area (Å²) in [5, 5.41) is 6.05. The van der Waals surface area contributed by atoms with Crippen molar-refractivity contribution < 1.29 is 0 Å². The molecule has 3 aliphatic rings. The Bertz CT molecular complexity index is 1230. The van der Waals surface area contributed by atoms with Crippen molar-refractivity contribution in [3.05, 3.63) is 45.7 Å². The van der Waals surface area contributed by atoms with Crippen LogP contribution in [0.5, 0.6) is 0 Å². The zero-order valence-corrected chi connectivity index (χ0v) is 22.3. The van der Waals surface area contributed by atoms with Gasteiger partial charge in [-0.3, -0.25) is 0 Å². The van der Waals surface area contributed by atoms with Gasteiger partial charge in [0.15, 0.2) is 5.65 Å². The van der Waals surface area contributed by atoms with Crippen molar-refractivity contribution in [2.75, 3.05) is 31.1 Å². The molecule has 2 aromatic heterocycles. The van der Waals surface area contributed by atoms with Gasteiger partial charge in [0.2, 0.25) is 0 Å². The first-order chi connectivity index (χ1) is 16.9. The van der Waals surface area contributed by atoms with E-state index in [0.29, 0.717) is 10.0 Å². The Hall–Kier alpha value is -1.89. The van der Waals surface area contributed by atoms with Crippen molar-refractivity contribution in [2.45, 2.75) is 58.5 Å². The van der Waals surface area contributed by atoms with Gasteiger partial charge < -0.3 is 9.80 Å². The van der Waals surface area contributed by atoms with E-state index in [2.05, 4.69) is 23.6 Å². The summed E-state index contributed by atoms with van der Waals surface area (Å²) in [7, 11) is 0. The molecule has 3 fully saturated rings. The van der Waals surface area contributed by atoms with Crippen LogP contribution in [0.4, 0.5) is 5.82 Å². The molecular weight excluding hydrogens is 479 g/mol. The highest BCUT2D eigenvalue weighted by atomic mass is 35.5. The molecule has 0 spiro atoms. The van der Waals surface area contributed by atoms with Crippen LogP contribution in [-0.2, 0) is 0 Å². The quantitative estimate of drug-likeness (QED) is 0.419. The highest BCUT2D eigenvalue weighted by molar-refractivity contribution is 6.35. The number of aromatic nitrogens is 4. The minimum Gasteiger partial charge on any atom is -0.355 e. The van der Waals surface area contributed by atoms with Crippen LogP contribution in [0.3, 0.4) is 0 Å². The zero-order valence-electron chi connectivity index (χ0n) is 20.8. The van der Waals surface area contributed by atoms with Gasteiger partial charge >= 0.3 is 0 Å². The summed E-state index contributed by atoms with van der Waals surface area (Å²) in [5.41, 5.74) is 3.51. The van der Waals surface area contributed by atoms with E-state index in [1.807, 2.05) is 29.9 Å². The van der Waals surface area contributed by atoms with Gasteiger partial charge in [0, 0.05) is 35.7 Å². The molecule has 6 nitrogen and oxygen atoms in total. The average Bonchev–Trinajstić information content (AvgIpc) is 3.12. The summed E-state index contributed by atoms with van der Waals surface area (Å²) in [4.78, 5) is 15.0. The Balaban J connectivity index is 1.18. The van der Waals surface area contributed by atoms with Crippen molar-refractivity contribution in [1.29, 1.82) is 0 Å². The number of hydrogen-bond donors (Lipinski definition) is 0. The van der Waals surface area contributed by atoms with E-state index >= 15 is 0 Å². The Morgan fingerprint density at radius 1 is 1.09 bits per heavy atom. The SMILES string of the molecule is Cc1nn([C@H](C)c2ccc(Cl)cc2Cl)c2nc(N3CC([C@H]4CCCN([C@H]5C[C@@H](C)C5)C4)C3)cnc12. The summed E-state index contributed by atoms with van der Waals surface area (Å²) in [6, 6.07) is 6.38. The number of rotatable bonds is 5. The Labute approximate surface area is 217 Å². The molecule has 0 amide bonds. The number of nitrogens with zero attached hydrogens (tertiary/aromatic N) is 6. The number of piperidine rings is 1. The van der Waals surface area contributed by atoms with Gasteiger partial charge in [0.05, 0.1) is 17.9 Å². The van der Waals surface area contributed by atoms with Gasteiger partial charge in [-0.2, -0.15) is 5.10 Å². The van der Waals surface area contributed by atoms with E-state index in [4.69, 9.17) is 38.3 Å². The summed E-state index contributed by atoms with van der Waals surface area (Å²) in [5.74, 6) is 3.44. The van der Waals surface area contributed by atoms with E-state index < -0.39 is 0 Å². The molecule has 2 aliphatic heterocycles. The molecule has 1 saturated carbocycles. The molecule has 1 aliphatic carbocycles. The summed E-state index contributed by atoms with van der Waals surface area (Å²) < 4.78 is 1.95. The molecule has 3 aromatic rings. The van der Waals surface area contributed by atoms with Crippen molar-refractivity contribution in [2.24, 2.45) is 17.8 Å². The molecule has 8 heteroatoms. The van der Waals surface area contributed by atoms with E-state index in [-0.39, 0.29) is 6.04 Å². The van der Waals surface area contributed by atoms with Crippen molar-refractivity contribution in [3.63, 3.8) is 0 Å². The Kier molecular flexibility index (Phi) is 6.18. The zero-order chi connectivity index (χ0) is 24.3. The second-order valence-electron chi connectivity index (χ2n) is 11.1. The van der Waals surface area contributed by atoms with E-state index in [0.717, 1.165) is 65.1 Å². The Morgan fingerprint density at radius 3 is 2.63 bits per heavy atom. The van der Waals surface area contributed by atoms with Gasteiger partial charge in [-0.15, -0.1) is 0 Å². The third kappa shape index (κ3) is 4.32. The van der Waals surface area contributed by atoms with Crippen LogP contribution < -0.4 is 4.90 Å². The summed E-state index contributed by atoms with van der Waals surface area (Å²) in [6.07, 6.45) is 7.42. The maximum atomic E-state index is 6.51. The lowest BCUT2D eigenvalue weighted by atomic mass is 9.76. The fraction of sp³-hybridized carbons (Fsp3) is 0.593. The fourth-order valence-corrected chi connectivity index (χ4v) is 6.92. The fourth-order valence-electron chi connectivity index (χ4n) is 6.35. The van der Waals surface area contributed by atoms with Crippen molar-refractivity contribution in [3.8, 4) is 0 Å². The molecule has 6 rings (SSSR count). The number of likely N-dealkylation sites (tertiary alicyclic amines) is 1. The van der Waals surface area contributed by atoms with Gasteiger partial charge in [0.25, 0.3) is 0 Å². The lowest BCUT2D eigenvalue weighted by Crippen LogP contribution is -2.56. The lowest BCUT2D eigenvalue weighted by Gasteiger charge is -2.50. The van der Waals surface area contributed by atoms with E-state index in [9.17, 15) is 0 Å². The maximum Gasteiger partial charge on any atom is 0.179 e. The highest BCUT2D eigenvalue weighted by Crippen LogP contribution is 2.38. The van der Waals surface area contributed by atoms with Crippen LogP contribution in [0.2, 0.25) is 10.0 Å². The van der Waals surface area contributed by atoms with E-state index in [1.54, 1.807) is 6.07 Å². The first-order valence-corrected chi connectivity index (χ1v) is 13.8. The maximum absolute atomic E-state index is 6.51. The molecule has 0 N–H and O–H groups in total. The number of hydrogen-bond acceptors (Lipinski definition) is 5. The minimum absolute atomic E-state index is 0.0768. The number of benzene rings is 1. The van der Waals surface area contributed by atoms with Gasteiger partial charge in [-0.05, 0) is 81.5 Å². The second kappa shape index (κ2) is 9.20. The highest BCUT2D eigenvalue weighted by Gasteiger charge is 2.39. The summed E-state index contributed by atoms with van der Waals surface area (Å²) >= 11 is 12.6. The topological polar surface area (TPSA) is 50.1 Å². The average molecular weight is 514 g/mol. The monoisotopic (exact) mass is 512 g/mol. The molecular formula is C27H34Cl2N6. The molecule has 4 heterocycles. The second-order valence-corrected chi connectivity index (χ2v) is 11.9. The van der Waals surface area contributed by atoms with Crippen molar-refractivity contribution >= 4 is 40.2 Å². The van der Waals surface area contributed by atoms with Crippen LogP contribution in [0.25, 0.3) is 11.2 Å².